The number of methoxy groups -OCH3 is 1. The summed E-state index contributed by atoms with van der Waals surface area (Å²) in [5, 5.41) is 11.7. The number of amides is 3. The summed E-state index contributed by atoms with van der Waals surface area (Å²) in [7, 11) is 1.48. The number of likely N-dealkylation sites (N-methyl/N-ethyl adjacent to an activating group) is 1. The van der Waals surface area contributed by atoms with Crippen LogP contribution in [0.15, 0.2) is 46.6 Å². The topological polar surface area (TPSA) is 105 Å². The standard InChI is InChI=1S/C21H19BrN2O6/c1-3-24-19(25)16(23-21(24)28)9-13-8-15(22)18(17(10-13)29-2)30-11-12-5-4-6-14(7-12)20(26)27/h4-10H,3,11H2,1-2H3,(H,23,28)(H,26,27)/b16-9+. The predicted octanol–water partition coefficient (Wildman–Crippen LogP) is 3.65. The Balaban J connectivity index is 1.84. The quantitative estimate of drug-likeness (QED) is 0.468. The summed E-state index contributed by atoms with van der Waals surface area (Å²) in [6.45, 7) is 2.14. The van der Waals surface area contributed by atoms with Crippen LogP contribution >= 0.6 is 15.9 Å². The Morgan fingerprint density at radius 1 is 1.27 bits per heavy atom. The number of aromatic carboxylic acids is 1. The maximum absolute atomic E-state index is 12.3. The van der Waals surface area contributed by atoms with E-state index in [9.17, 15) is 14.4 Å². The number of benzene rings is 2. The van der Waals surface area contributed by atoms with Crippen LogP contribution in [-0.2, 0) is 11.4 Å². The zero-order valence-electron chi connectivity index (χ0n) is 16.3. The molecule has 1 fully saturated rings. The number of nitrogens with one attached hydrogen (secondary N) is 1. The van der Waals surface area contributed by atoms with Crippen molar-refractivity contribution in [2.24, 2.45) is 0 Å². The van der Waals surface area contributed by atoms with Crippen molar-refractivity contribution in [3.8, 4) is 11.5 Å². The molecule has 2 N–H and O–H groups in total. The van der Waals surface area contributed by atoms with Gasteiger partial charge in [0.05, 0.1) is 17.1 Å². The molecule has 9 heteroatoms. The lowest BCUT2D eigenvalue weighted by atomic mass is 10.1. The second kappa shape index (κ2) is 9.00. The van der Waals surface area contributed by atoms with Gasteiger partial charge in [-0.25, -0.2) is 9.59 Å². The van der Waals surface area contributed by atoms with Gasteiger partial charge >= 0.3 is 12.0 Å². The van der Waals surface area contributed by atoms with Gasteiger partial charge in [0, 0.05) is 6.54 Å². The summed E-state index contributed by atoms with van der Waals surface area (Å²) < 4.78 is 11.8. The first kappa shape index (κ1) is 21.4. The molecule has 0 aromatic heterocycles. The molecule has 0 aliphatic carbocycles. The van der Waals surface area contributed by atoms with Crippen LogP contribution < -0.4 is 14.8 Å². The molecule has 0 spiro atoms. The smallest absolute Gasteiger partial charge is 0.335 e. The lowest BCUT2D eigenvalue weighted by molar-refractivity contribution is -0.122. The van der Waals surface area contributed by atoms with Crippen LogP contribution in [0.5, 0.6) is 11.5 Å². The van der Waals surface area contributed by atoms with Gasteiger partial charge in [0.25, 0.3) is 5.91 Å². The number of urea groups is 1. The molecule has 156 valence electrons. The summed E-state index contributed by atoms with van der Waals surface area (Å²) >= 11 is 3.44. The fourth-order valence-electron chi connectivity index (χ4n) is 2.94. The van der Waals surface area contributed by atoms with Gasteiger partial charge in [-0.05, 0) is 64.3 Å². The molecule has 2 aromatic carbocycles. The Morgan fingerprint density at radius 2 is 2.03 bits per heavy atom. The van der Waals surface area contributed by atoms with Crippen LogP contribution in [0.1, 0.15) is 28.4 Å². The highest BCUT2D eigenvalue weighted by molar-refractivity contribution is 9.10. The number of ether oxygens (including phenoxy) is 2. The largest absolute Gasteiger partial charge is 0.493 e. The van der Waals surface area contributed by atoms with E-state index in [1.807, 2.05) is 0 Å². The first-order chi connectivity index (χ1) is 14.3. The monoisotopic (exact) mass is 474 g/mol. The molecule has 1 aliphatic heterocycles. The van der Waals surface area contributed by atoms with Crippen LogP contribution in [0, 0.1) is 0 Å². The zero-order valence-corrected chi connectivity index (χ0v) is 17.9. The summed E-state index contributed by atoms with van der Waals surface area (Å²) in [4.78, 5) is 36.3. The normalized spacial score (nSPS) is 14.8. The van der Waals surface area contributed by atoms with Crippen molar-refractivity contribution in [3.63, 3.8) is 0 Å². The highest BCUT2D eigenvalue weighted by atomic mass is 79.9. The minimum Gasteiger partial charge on any atom is -0.493 e. The molecule has 0 radical (unpaired) electrons. The van der Waals surface area contributed by atoms with E-state index in [0.717, 1.165) is 4.90 Å². The second-order valence-electron chi connectivity index (χ2n) is 6.37. The SMILES string of the molecule is CCN1C(=O)N/C(=C/c2cc(Br)c(OCc3cccc(C(=O)O)c3)c(OC)c2)C1=O. The lowest BCUT2D eigenvalue weighted by Crippen LogP contribution is -2.30. The number of carbonyl (C=O) groups is 3. The van der Waals surface area contributed by atoms with Crippen molar-refractivity contribution in [3.05, 3.63) is 63.3 Å². The van der Waals surface area contributed by atoms with Gasteiger partial charge in [-0.3, -0.25) is 9.69 Å². The van der Waals surface area contributed by atoms with Crippen LogP contribution in [0.2, 0.25) is 0 Å². The summed E-state index contributed by atoms with van der Waals surface area (Å²) in [5.74, 6) is -0.563. The number of carboxylic acids is 1. The maximum atomic E-state index is 12.3. The van der Waals surface area contributed by atoms with Crippen LogP contribution in [0.3, 0.4) is 0 Å². The minimum atomic E-state index is -1.01. The molecule has 1 heterocycles. The Morgan fingerprint density at radius 3 is 2.67 bits per heavy atom. The predicted molar refractivity (Wildman–Crippen MR) is 112 cm³/mol. The van der Waals surface area contributed by atoms with Crippen molar-refractivity contribution >= 4 is 39.9 Å². The molecule has 0 saturated carbocycles. The van der Waals surface area contributed by atoms with E-state index in [4.69, 9.17) is 14.6 Å². The van der Waals surface area contributed by atoms with Crippen molar-refractivity contribution < 1.29 is 29.0 Å². The fourth-order valence-corrected chi connectivity index (χ4v) is 3.51. The number of imide groups is 1. The third-order valence-electron chi connectivity index (χ3n) is 4.40. The molecule has 3 rings (SSSR count). The van der Waals surface area contributed by atoms with Gasteiger partial charge in [0.1, 0.15) is 12.3 Å². The minimum absolute atomic E-state index is 0.135. The van der Waals surface area contributed by atoms with Crippen molar-refractivity contribution in [2.45, 2.75) is 13.5 Å². The van der Waals surface area contributed by atoms with Gasteiger partial charge in [0.2, 0.25) is 0 Å². The first-order valence-corrected chi connectivity index (χ1v) is 9.80. The summed E-state index contributed by atoms with van der Waals surface area (Å²) in [6.07, 6.45) is 1.56. The average molecular weight is 475 g/mol. The van der Waals surface area contributed by atoms with Crippen molar-refractivity contribution in [1.82, 2.24) is 10.2 Å². The number of nitrogens with zero attached hydrogens (tertiary/aromatic N) is 1. The molecule has 0 atom stereocenters. The summed E-state index contributed by atoms with van der Waals surface area (Å²) in [6, 6.07) is 9.41. The maximum Gasteiger partial charge on any atom is 0.335 e. The van der Waals surface area contributed by atoms with Crippen LogP contribution in [0.4, 0.5) is 4.79 Å². The van der Waals surface area contributed by atoms with Gasteiger partial charge in [-0.1, -0.05) is 12.1 Å². The van der Waals surface area contributed by atoms with Crippen molar-refractivity contribution in [1.29, 1.82) is 0 Å². The molecular weight excluding hydrogens is 456 g/mol. The number of hydrogen-bond acceptors (Lipinski definition) is 5. The van der Waals surface area contributed by atoms with Crippen LogP contribution in [-0.4, -0.2) is 41.6 Å². The Hall–Kier alpha value is -3.33. The van der Waals surface area contributed by atoms with Gasteiger partial charge in [0.15, 0.2) is 11.5 Å². The van der Waals surface area contributed by atoms with E-state index in [0.29, 0.717) is 27.1 Å². The Labute approximate surface area is 181 Å². The lowest BCUT2D eigenvalue weighted by Gasteiger charge is -2.14. The molecular formula is C21H19BrN2O6. The zero-order chi connectivity index (χ0) is 21.8. The molecule has 0 bridgehead atoms. The number of carbonyl (C=O) groups excluding carboxylic acids is 2. The number of hydrogen-bond donors (Lipinski definition) is 2. The van der Waals surface area contributed by atoms with Crippen molar-refractivity contribution in [2.75, 3.05) is 13.7 Å². The number of rotatable bonds is 7. The van der Waals surface area contributed by atoms with E-state index in [-0.39, 0.29) is 24.4 Å². The van der Waals surface area contributed by atoms with Gasteiger partial charge in [-0.2, -0.15) is 0 Å². The fraction of sp³-hybridized carbons (Fsp3) is 0.190. The molecule has 3 amide bonds. The van der Waals surface area contributed by atoms with E-state index in [1.165, 1.54) is 19.2 Å². The molecule has 2 aromatic rings. The highest BCUT2D eigenvalue weighted by Gasteiger charge is 2.32. The highest BCUT2D eigenvalue weighted by Crippen LogP contribution is 2.38. The third-order valence-corrected chi connectivity index (χ3v) is 4.99. The Bertz CT molecular complexity index is 1050. The van der Waals surface area contributed by atoms with Gasteiger partial charge < -0.3 is 19.9 Å². The molecule has 0 unspecified atom stereocenters. The van der Waals surface area contributed by atoms with E-state index in [2.05, 4.69) is 21.2 Å². The molecule has 8 nitrogen and oxygen atoms in total. The molecule has 1 aliphatic rings. The number of carboxylic acid groups (broad SMARTS) is 1. The third kappa shape index (κ3) is 4.46. The van der Waals surface area contributed by atoms with Gasteiger partial charge in [-0.15, -0.1) is 0 Å². The molecule has 30 heavy (non-hydrogen) atoms. The molecule has 1 saturated heterocycles. The average Bonchev–Trinajstić information content (AvgIpc) is 2.99. The van der Waals surface area contributed by atoms with Crippen LogP contribution in [0.25, 0.3) is 6.08 Å². The van der Waals surface area contributed by atoms with E-state index < -0.39 is 17.9 Å². The summed E-state index contributed by atoms with van der Waals surface area (Å²) in [5.41, 5.74) is 1.66. The van der Waals surface area contributed by atoms with E-state index >= 15 is 0 Å². The second-order valence-corrected chi connectivity index (χ2v) is 7.22. The number of halogens is 1. The van der Waals surface area contributed by atoms with E-state index in [1.54, 1.807) is 37.3 Å². The Kier molecular flexibility index (Phi) is 6.41. The first-order valence-electron chi connectivity index (χ1n) is 9.01.